The normalized spacial score (nSPS) is 18.9. The van der Waals surface area contributed by atoms with Crippen molar-refractivity contribution in [1.82, 2.24) is 20.0 Å². The van der Waals surface area contributed by atoms with Gasteiger partial charge in [0.05, 0.1) is 0 Å². The highest BCUT2D eigenvalue weighted by atomic mass is 16.6. The van der Waals surface area contributed by atoms with Gasteiger partial charge in [-0.25, -0.2) is 4.79 Å². The Bertz CT molecular complexity index is 887. The van der Waals surface area contributed by atoms with Crippen molar-refractivity contribution in [2.45, 2.75) is 72.1 Å². The molecule has 0 bridgehead atoms. The molecule has 3 rings (SSSR count). The molecule has 35 heavy (non-hydrogen) atoms. The molecule has 1 atom stereocenters. The van der Waals surface area contributed by atoms with Crippen molar-refractivity contribution >= 4 is 17.9 Å². The van der Waals surface area contributed by atoms with Crippen LogP contribution in [0.2, 0.25) is 0 Å². The molecule has 1 unspecified atom stereocenters. The second-order valence-electron chi connectivity index (χ2n) is 11.1. The molecule has 2 heterocycles. The molecule has 3 amide bonds. The molecule has 194 valence electrons. The van der Waals surface area contributed by atoms with Crippen LogP contribution < -0.4 is 5.32 Å². The van der Waals surface area contributed by atoms with Crippen molar-refractivity contribution in [2.24, 2.45) is 5.92 Å². The van der Waals surface area contributed by atoms with E-state index in [2.05, 4.69) is 16.3 Å². The second kappa shape index (κ2) is 11.9. The van der Waals surface area contributed by atoms with Crippen LogP contribution in [0.4, 0.5) is 4.79 Å². The number of nitrogens with zero attached hydrogens (tertiary/aromatic N) is 3. The van der Waals surface area contributed by atoms with Gasteiger partial charge in [0.1, 0.15) is 11.6 Å². The van der Waals surface area contributed by atoms with Crippen LogP contribution in [0.3, 0.4) is 0 Å². The molecule has 8 nitrogen and oxygen atoms in total. The third-order valence-electron chi connectivity index (χ3n) is 6.43. The monoisotopic (exact) mass is 486 g/mol. The van der Waals surface area contributed by atoms with E-state index in [0.29, 0.717) is 39.0 Å². The van der Waals surface area contributed by atoms with Crippen molar-refractivity contribution in [3.8, 4) is 0 Å². The highest BCUT2D eigenvalue weighted by molar-refractivity contribution is 5.88. The van der Waals surface area contributed by atoms with Gasteiger partial charge < -0.3 is 19.9 Å². The minimum Gasteiger partial charge on any atom is -0.444 e. The van der Waals surface area contributed by atoms with Crippen LogP contribution in [0.25, 0.3) is 0 Å². The van der Waals surface area contributed by atoms with Gasteiger partial charge in [0.2, 0.25) is 11.8 Å². The Morgan fingerprint density at radius 2 is 1.71 bits per heavy atom. The molecule has 1 saturated heterocycles. The summed E-state index contributed by atoms with van der Waals surface area (Å²) in [6, 6.07) is 7.60. The summed E-state index contributed by atoms with van der Waals surface area (Å²) >= 11 is 0. The minimum absolute atomic E-state index is 0.0394. The van der Waals surface area contributed by atoms with E-state index in [0.717, 1.165) is 37.2 Å². The molecule has 0 saturated carbocycles. The molecule has 1 fully saturated rings. The molecule has 8 heteroatoms. The largest absolute Gasteiger partial charge is 0.444 e. The third kappa shape index (κ3) is 7.95. The Balaban J connectivity index is 1.45. The highest BCUT2D eigenvalue weighted by Gasteiger charge is 2.34. The van der Waals surface area contributed by atoms with Gasteiger partial charge in [0.15, 0.2) is 0 Å². The zero-order valence-corrected chi connectivity index (χ0v) is 22.0. The molecule has 2 aliphatic rings. The molecule has 0 radical (unpaired) electrons. The summed E-state index contributed by atoms with van der Waals surface area (Å²) < 4.78 is 5.46. The topological polar surface area (TPSA) is 82.2 Å². The minimum atomic E-state index is -0.484. The smallest absolute Gasteiger partial charge is 0.410 e. The molecule has 0 aliphatic carbocycles. The van der Waals surface area contributed by atoms with Crippen molar-refractivity contribution < 1.29 is 19.1 Å². The number of ether oxygens (including phenoxy) is 1. The van der Waals surface area contributed by atoms with Crippen molar-refractivity contribution in [1.29, 1.82) is 0 Å². The maximum Gasteiger partial charge on any atom is 0.410 e. The molecule has 2 aliphatic heterocycles. The van der Waals surface area contributed by atoms with E-state index in [-0.39, 0.29) is 23.8 Å². The molecule has 1 aromatic carbocycles. The first-order valence-electron chi connectivity index (χ1n) is 12.9. The maximum absolute atomic E-state index is 13.1. The first kappa shape index (κ1) is 27.0. The Labute approximate surface area is 210 Å². The van der Waals surface area contributed by atoms with Crippen molar-refractivity contribution in [2.75, 3.05) is 39.3 Å². The van der Waals surface area contributed by atoms with Crippen LogP contribution in [0, 0.1) is 5.92 Å². The van der Waals surface area contributed by atoms with Crippen molar-refractivity contribution in [3.63, 3.8) is 0 Å². The van der Waals surface area contributed by atoms with Crippen LogP contribution in [0.5, 0.6) is 0 Å². The van der Waals surface area contributed by atoms with E-state index < -0.39 is 11.6 Å². The number of hydrogen-bond acceptors (Lipinski definition) is 5. The van der Waals surface area contributed by atoms with Gasteiger partial charge in [-0.15, -0.1) is 0 Å². The Morgan fingerprint density at radius 3 is 2.34 bits per heavy atom. The number of benzene rings is 1. The lowest BCUT2D eigenvalue weighted by Gasteiger charge is -2.37. The van der Waals surface area contributed by atoms with E-state index in [9.17, 15) is 14.4 Å². The number of hydrogen-bond donors (Lipinski definition) is 1. The number of rotatable bonds is 7. The Kier molecular flexibility index (Phi) is 9.16. The molecule has 1 aromatic rings. The molecule has 0 aromatic heterocycles. The SMILES string of the molecule is CC(C)CC(=O)N1Cc2ccccc2CC1C(=O)NCCCN1CCN(C(=O)OC(C)(C)C)CC1. The zero-order chi connectivity index (χ0) is 25.6. The van der Waals surface area contributed by atoms with Crippen molar-refractivity contribution in [3.05, 3.63) is 35.4 Å². The van der Waals surface area contributed by atoms with Gasteiger partial charge in [0, 0.05) is 52.1 Å². The predicted octanol–water partition coefficient (Wildman–Crippen LogP) is 3.05. The summed E-state index contributed by atoms with van der Waals surface area (Å²) in [6.07, 6.45) is 1.57. The highest BCUT2D eigenvalue weighted by Crippen LogP contribution is 2.25. The van der Waals surface area contributed by atoms with Gasteiger partial charge in [-0.2, -0.15) is 0 Å². The number of carbonyl (C=O) groups excluding carboxylic acids is 3. The van der Waals surface area contributed by atoms with Gasteiger partial charge >= 0.3 is 6.09 Å². The summed E-state index contributed by atoms with van der Waals surface area (Å²) in [5.74, 6) is 0.211. The standard InChI is InChI=1S/C27H42N4O4/c1-20(2)17-24(32)31-19-22-10-7-6-9-21(22)18-23(31)25(33)28-11-8-12-29-13-15-30(16-14-29)26(34)35-27(3,4)5/h6-7,9-10,20,23H,8,11-19H2,1-5H3,(H,28,33). The van der Waals surface area contributed by atoms with Gasteiger partial charge in [-0.1, -0.05) is 38.1 Å². The second-order valence-corrected chi connectivity index (χ2v) is 11.1. The molecule has 0 spiro atoms. The number of piperazine rings is 1. The fourth-order valence-electron chi connectivity index (χ4n) is 4.60. The predicted molar refractivity (Wildman–Crippen MR) is 136 cm³/mol. The lowest BCUT2D eigenvalue weighted by Crippen LogP contribution is -2.53. The first-order valence-corrected chi connectivity index (χ1v) is 12.9. The fourth-order valence-corrected chi connectivity index (χ4v) is 4.60. The summed E-state index contributed by atoms with van der Waals surface area (Å²) in [7, 11) is 0. The molecular formula is C27H42N4O4. The fraction of sp³-hybridized carbons (Fsp3) is 0.667. The lowest BCUT2D eigenvalue weighted by atomic mass is 9.92. The maximum atomic E-state index is 13.1. The number of carbonyl (C=O) groups is 3. The molecular weight excluding hydrogens is 444 g/mol. The summed E-state index contributed by atoms with van der Waals surface area (Å²) in [6.45, 7) is 14.5. The quantitative estimate of drug-likeness (QED) is 0.599. The summed E-state index contributed by atoms with van der Waals surface area (Å²) in [5, 5.41) is 3.07. The first-order chi connectivity index (χ1) is 16.5. The van der Waals surface area contributed by atoms with E-state index in [1.54, 1.807) is 9.80 Å². The summed E-state index contributed by atoms with van der Waals surface area (Å²) in [4.78, 5) is 44.1. The lowest BCUT2D eigenvalue weighted by molar-refractivity contribution is -0.142. The van der Waals surface area contributed by atoms with Crippen LogP contribution in [-0.2, 0) is 27.3 Å². The average molecular weight is 487 g/mol. The van der Waals surface area contributed by atoms with Crippen LogP contribution in [-0.4, -0.2) is 83.5 Å². The van der Waals surface area contributed by atoms with Crippen LogP contribution in [0.15, 0.2) is 24.3 Å². The number of fused-ring (bicyclic) bond motifs is 1. The van der Waals surface area contributed by atoms with E-state index in [1.807, 2.05) is 52.8 Å². The van der Waals surface area contributed by atoms with E-state index in [1.165, 1.54) is 0 Å². The van der Waals surface area contributed by atoms with Gasteiger partial charge in [-0.05, 0) is 50.8 Å². The average Bonchev–Trinajstić information content (AvgIpc) is 2.79. The van der Waals surface area contributed by atoms with Gasteiger partial charge in [-0.3, -0.25) is 14.5 Å². The number of amides is 3. The zero-order valence-electron chi connectivity index (χ0n) is 22.0. The van der Waals surface area contributed by atoms with E-state index >= 15 is 0 Å². The summed E-state index contributed by atoms with van der Waals surface area (Å²) in [5.41, 5.74) is 1.78. The third-order valence-corrected chi connectivity index (χ3v) is 6.43. The van der Waals surface area contributed by atoms with Crippen LogP contribution >= 0.6 is 0 Å². The molecule has 1 N–H and O–H groups in total. The number of nitrogens with one attached hydrogen (secondary N) is 1. The van der Waals surface area contributed by atoms with Crippen LogP contribution in [0.1, 0.15) is 58.6 Å². The Morgan fingerprint density at radius 1 is 1.06 bits per heavy atom. The van der Waals surface area contributed by atoms with Gasteiger partial charge in [0.25, 0.3) is 0 Å². The van der Waals surface area contributed by atoms with E-state index in [4.69, 9.17) is 4.74 Å². The Hall–Kier alpha value is -2.61.